The summed E-state index contributed by atoms with van der Waals surface area (Å²) in [7, 11) is 3.25. The molecule has 2 atom stereocenters. The van der Waals surface area contributed by atoms with Gasteiger partial charge in [-0.2, -0.15) is 0 Å². The second kappa shape index (κ2) is 5.85. The van der Waals surface area contributed by atoms with Crippen molar-refractivity contribution in [3.63, 3.8) is 0 Å². The van der Waals surface area contributed by atoms with Crippen molar-refractivity contribution in [2.45, 2.75) is 18.9 Å². The molecule has 0 spiro atoms. The number of rotatable bonds is 3. The van der Waals surface area contributed by atoms with Gasteiger partial charge in [-0.3, -0.25) is 0 Å². The van der Waals surface area contributed by atoms with E-state index in [9.17, 15) is 5.11 Å². The Bertz CT molecular complexity index is 701. The van der Waals surface area contributed by atoms with Gasteiger partial charge in [0.2, 0.25) is 0 Å². The highest BCUT2D eigenvalue weighted by Gasteiger charge is 2.30. The maximum Gasteiger partial charge on any atom is 0.126 e. The van der Waals surface area contributed by atoms with Crippen molar-refractivity contribution in [2.75, 3.05) is 14.2 Å². The normalized spacial score (nSPS) is 19.6. The van der Waals surface area contributed by atoms with Gasteiger partial charge >= 0.3 is 0 Å². The Morgan fingerprint density at radius 1 is 0.909 bits per heavy atom. The summed E-state index contributed by atoms with van der Waals surface area (Å²) < 4.78 is 10.8. The molecule has 2 aromatic rings. The first-order chi connectivity index (χ1) is 10.7. The number of aryl methyl sites for hydroxylation is 1. The van der Waals surface area contributed by atoms with Crippen molar-refractivity contribution < 1.29 is 14.6 Å². The van der Waals surface area contributed by atoms with Gasteiger partial charge in [0.1, 0.15) is 11.5 Å². The van der Waals surface area contributed by atoms with Crippen LogP contribution in [-0.4, -0.2) is 19.3 Å². The zero-order chi connectivity index (χ0) is 15.7. The molecule has 0 radical (unpaired) electrons. The maximum absolute atomic E-state index is 10.9. The molecule has 3 nitrogen and oxygen atoms in total. The smallest absolute Gasteiger partial charge is 0.126 e. The monoisotopic (exact) mass is 296 g/mol. The SMILES string of the molecule is COc1ccc(OC)c2c1C=C[C@@H](c1ccc(C)cc1)[C@@H]2O. The molecule has 2 aromatic carbocycles. The number of methoxy groups -OCH3 is 2. The minimum Gasteiger partial charge on any atom is -0.496 e. The van der Waals surface area contributed by atoms with Gasteiger partial charge in [0.25, 0.3) is 0 Å². The summed E-state index contributed by atoms with van der Waals surface area (Å²) in [5.41, 5.74) is 3.97. The summed E-state index contributed by atoms with van der Waals surface area (Å²) in [5, 5.41) is 10.9. The van der Waals surface area contributed by atoms with Crippen LogP contribution in [-0.2, 0) is 0 Å². The van der Waals surface area contributed by atoms with E-state index in [1.54, 1.807) is 14.2 Å². The van der Waals surface area contributed by atoms with Gasteiger partial charge in [-0.15, -0.1) is 0 Å². The predicted octanol–water partition coefficient (Wildman–Crippen LogP) is 3.86. The Morgan fingerprint density at radius 2 is 1.55 bits per heavy atom. The van der Waals surface area contributed by atoms with Gasteiger partial charge in [0, 0.05) is 17.0 Å². The third-order valence-corrected chi connectivity index (χ3v) is 4.22. The van der Waals surface area contributed by atoms with E-state index >= 15 is 0 Å². The Kier molecular flexibility index (Phi) is 3.90. The van der Waals surface area contributed by atoms with Crippen LogP contribution in [0.3, 0.4) is 0 Å². The molecule has 0 aromatic heterocycles. The van der Waals surface area contributed by atoms with Crippen molar-refractivity contribution in [2.24, 2.45) is 0 Å². The van der Waals surface area contributed by atoms with Gasteiger partial charge < -0.3 is 14.6 Å². The molecule has 0 heterocycles. The molecule has 3 heteroatoms. The summed E-state index contributed by atoms with van der Waals surface area (Å²) in [5.74, 6) is 1.34. The first-order valence-electron chi connectivity index (χ1n) is 7.33. The lowest BCUT2D eigenvalue weighted by molar-refractivity contribution is 0.155. The van der Waals surface area contributed by atoms with Crippen LogP contribution >= 0.6 is 0 Å². The van der Waals surface area contributed by atoms with E-state index in [-0.39, 0.29) is 5.92 Å². The standard InChI is InChI=1S/C19H20O3/c1-12-4-6-13(7-5-12)14-8-9-15-16(21-2)10-11-17(22-3)18(15)19(14)20/h4-11,14,19-20H,1-3H3/t14-,19-/m0/s1. The van der Waals surface area contributed by atoms with Crippen LogP contribution in [0.25, 0.3) is 6.08 Å². The summed E-state index contributed by atoms with van der Waals surface area (Å²) in [6.45, 7) is 2.06. The number of fused-ring (bicyclic) bond motifs is 1. The van der Waals surface area contributed by atoms with Gasteiger partial charge in [-0.25, -0.2) is 0 Å². The first kappa shape index (κ1) is 14.7. The molecule has 1 N–H and O–H groups in total. The van der Waals surface area contributed by atoms with E-state index < -0.39 is 6.10 Å². The molecular formula is C19H20O3. The van der Waals surface area contributed by atoms with Gasteiger partial charge in [-0.05, 0) is 24.6 Å². The second-order valence-corrected chi connectivity index (χ2v) is 5.54. The number of aliphatic hydroxyl groups excluding tert-OH is 1. The third-order valence-electron chi connectivity index (χ3n) is 4.22. The minimum atomic E-state index is -0.659. The van der Waals surface area contributed by atoms with E-state index in [4.69, 9.17) is 9.47 Å². The lowest BCUT2D eigenvalue weighted by atomic mass is 9.81. The Labute approximate surface area is 130 Å². The van der Waals surface area contributed by atoms with E-state index in [0.29, 0.717) is 5.75 Å². The van der Waals surface area contributed by atoms with Crippen LogP contribution in [0, 0.1) is 6.92 Å². The van der Waals surface area contributed by atoms with E-state index in [1.165, 1.54) is 5.56 Å². The number of aliphatic hydroxyl groups is 1. The molecule has 0 amide bonds. The van der Waals surface area contributed by atoms with Crippen molar-refractivity contribution in [1.82, 2.24) is 0 Å². The zero-order valence-electron chi connectivity index (χ0n) is 13.0. The molecule has 114 valence electrons. The molecule has 0 saturated heterocycles. The van der Waals surface area contributed by atoms with Crippen LogP contribution in [0.2, 0.25) is 0 Å². The molecule has 0 saturated carbocycles. The number of hydrogen-bond acceptors (Lipinski definition) is 3. The highest BCUT2D eigenvalue weighted by atomic mass is 16.5. The van der Waals surface area contributed by atoms with Crippen molar-refractivity contribution in [3.05, 3.63) is 64.7 Å². The van der Waals surface area contributed by atoms with Gasteiger partial charge in [0.15, 0.2) is 0 Å². The second-order valence-electron chi connectivity index (χ2n) is 5.54. The van der Waals surface area contributed by atoms with E-state index in [1.807, 2.05) is 24.3 Å². The molecule has 0 bridgehead atoms. The van der Waals surface area contributed by atoms with Crippen LogP contribution in [0.1, 0.15) is 34.3 Å². The van der Waals surface area contributed by atoms with Crippen LogP contribution in [0.4, 0.5) is 0 Å². The zero-order valence-corrected chi connectivity index (χ0v) is 13.0. The third kappa shape index (κ3) is 2.38. The molecule has 0 fully saturated rings. The fourth-order valence-corrected chi connectivity index (χ4v) is 3.00. The van der Waals surface area contributed by atoms with Crippen molar-refractivity contribution >= 4 is 6.08 Å². The van der Waals surface area contributed by atoms with Crippen LogP contribution in [0.5, 0.6) is 11.5 Å². The largest absolute Gasteiger partial charge is 0.496 e. The lowest BCUT2D eigenvalue weighted by Gasteiger charge is -2.28. The molecular weight excluding hydrogens is 276 g/mol. The Hall–Kier alpha value is -2.26. The molecule has 1 aliphatic rings. The summed E-state index contributed by atoms with van der Waals surface area (Å²) >= 11 is 0. The number of benzene rings is 2. The molecule has 22 heavy (non-hydrogen) atoms. The number of ether oxygens (including phenoxy) is 2. The Morgan fingerprint density at radius 3 is 2.18 bits per heavy atom. The average molecular weight is 296 g/mol. The van der Waals surface area contributed by atoms with Crippen molar-refractivity contribution in [3.8, 4) is 11.5 Å². The van der Waals surface area contributed by atoms with E-state index in [2.05, 4.69) is 31.2 Å². The topological polar surface area (TPSA) is 38.7 Å². The van der Waals surface area contributed by atoms with Crippen LogP contribution in [0.15, 0.2) is 42.5 Å². The summed E-state index contributed by atoms with van der Waals surface area (Å²) in [6, 6.07) is 12.0. The minimum absolute atomic E-state index is 0.0888. The molecule has 3 rings (SSSR count). The highest BCUT2D eigenvalue weighted by Crippen LogP contribution is 2.45. The highest BCUT2D eigenvalue weighted by molar-refractivity contribution is 5.69. The predicted molar refractivity (Wildman–Crippen MR) is 87.5 cm³/mol. The molecule has 0 unspecified atom stereocenters. The fourth-order valence-electron chi connectivity index (χ4n) is 3.00. The first-order valence-corrected chi connectivity index (χ1v) is 7.33. The average Bonchev–Trinajstić information content (AvgIpc) is 2.55. The van der Waals surface area contributed by atoms with Crippen molar-refractivity contribution in [1.29, 1.82) is 0 Å². The van der Waals surface area contributed by atoms with Gasteiger partial charge in [-0.1, -0.05) is 42.0 Å². The maximum atomic E-state index is 10.9. The van der Waals surface area contributed by atoms with Gasteiger partial charge in [0.05, 0.1) is 20.3 Å². The fraction of sp³-hybridized carbons (Fsp3) is 0.263. The summed E-state index contributed by atoms with van der Waals surface area (Å²) in [4.78, 5) is 0. The Balaban J connectivity index is 2.09. The van der Waals surface area contributed by atoms with Crippen LogP contribution < -0.4 is 9.47 Å². The lowest BCUT2D eigenvalue weighted by Crippen LogP contribution is -2.15. The van der Waals surface area contributed by atoms with E-state index in [0.717, 1.165) is 22.4 Å². The summed E-state index contributed by atoms with van der Waals surface area (Å²) in [6.07, 6.45) is 3.38. The number of hydrogen-bond donors (Lipinski definition) is 1. The quantitative estimate of drug-likeness (QED) is 0.935. The molecule has 0 aliphatic heterocycles. The molecule has 1 aliphatic carbocycles.